The number of nitrogens with one attached hydrogen (secondary N) is 1. The molecule has 3 N–H and O–H groups in total. The van der Waals surface area contributed by atoms with Gasteiger partial charge in [-0.2, -0.15) is 0 Å². The van der Waals surface area contributed by atoms with Gasteiger partial charge in [-0.3, -0.25) is 4.79 Å². The number of benzene rings is 1. The fourth-order valence-electron chi connectivity index (χ4n) is 2.53. The third-order valence-electron chi connectivity index (χ3n) is 3.61. The number of phenolic OH excluding ortho intramolecular Hbond substituents is 2. The lowest BCUT2D eigenvalue weighted by atomic mass is 10.1. The van der Waals surface area contributed by atoms with E-state index in [9.17, 15) is 15.0 Å². The van der Waals surface area contributed by atoms with Crippen molar-refractivity contribution in [3.05, 3.63) is 39.0 Å². The van der Waals surface area contributed by atoms with Crippen LogP contribution in [0.2, 0.25) is 0 Å². The summed E-state index contributed by atoms with van der Waals surface area (Å²) in [6, 6.07) is 4.36. The second kappa shape index (κ2) is 5.46. The zero-order valence-corrected chi connectivity index (χ0v) is 13.1. The monoisotopic (exact) mass is 316 g/mol. The number of aromatic amines is 1. The Hall–Kier alpha value is -2.34. The molecule has 0 bridgehead atoms. The summed E-state index contributed by atoms with van der Waals surface area (Å²) in [5, 5.41) is 19.6. The molecule has 2 aromatic heterocycles. The molecule has 1 aromatic carbocycles. The van der Waals surface area contributed by atoms with E-state index >= 15 is 0 Å². The molecule has 3 rings (SSSR count). The van der Waals surface area contributed by atoms with Gasteiger partial charge in [0.1, 0.15) is 10.7 Å². The van der Waals surface area contributed by atoms with Gasteiger partial charge in [-0.05, 0) is 37.1 Å². The molecule has 0 unspecified atom stereocenters. The maximum atomic E-state index is 12.4. The van der Waals surface area contributed by atoms with Crippen LogP contribution in [0.5, 0.6) is 11.5 Å². The number of phenols is 2. The Balaban J connectivity index is 2.21. The van der Waals surface area contributed by atoms with Crippen molar-refractivity contribution in [1.82, 2.24) is 9.97 Å². The van der Waals surface area contributed by atoms with Gasteiger partial charge in [0.25, 0.3) is 5.56 Å². The number of nitrogens with zero attached hydrogens (tertiary/aromatic N) is 1. The van der Waals surface area contributed by atoms with Gasteiger partial charge in [0.15, 0.2) is 11.5 Å². The first-order valence-electron chi connectivity index (χ1n) is 7.06. The van der Waals surface area contributed by atoms with Crippen molar-refractivity contribution < 1.29 is 10.2 Å². The Morgan fingerprint density at radius 2 is 2.05 bits per heavy atom. The number of aryl methyl sites for hydroxylation is 2. The summed E-state index contributed by atoms with van der Waals surface area (Å²) in [4.78, 5) is 21.5. The van der Waals surface area contributed by atoms with E-state index in [2.05, 4.69) is 16.9 Å². The highest BCUT2D eigenvalue weighted by Crippen LogP contribution is 2.31. The van der Waals surface area contributed by atoms with Crippen LogP contribution in [0.3, 0.4) is 0 Å². The molecule has 114 valence electrons. The maximum absolute atomic E-state index is 12.4. The first-order chi connectivity index (χ1) is 10.5. The van der Waals surface area contributed by atoms with Crippen LogP contribution in [0, 0.1) is 6.92 Å². The predicted octanol–water partition coefficient (Wildman–Crippen LogP) is 3.32. The highest BCUT2D eigenvalue weighted by atomic mass is 32.1. The number of aromatic hydroxyl groups is 2. The minimum absolute atomic E-state index is 0.166. The predicted molar refractivity (Wildman–Crippen MR) is 87.7 cm³/mol. The summed E-state index contributed by atoms with van der Waals surface area (Å²) >= 11 is 1.51. The molecular formula is C16H16N2O3S. The molecule has 0 atom stereocenters. The molecule has 6 heteroatoms. The quantitative estimate of drug-likeness (QED) is 0.647. The van der Waals surface area contributed by atoms with Crippen LogP contribution < -0.4 is 5.56 Å². The Morgan fingerprint density at radius 3 is 2.73 bits per heavy atom. The van der Waals surface area contributed by atoms with Gasteiger partial charge >= 0.3 is 0 Å². The minimum atomic E-state index is -0.241. The van der Waals surface area contributed by atoms with Crippen LogP contribution in [-0.4, -0.2) is 20.2 Å². The molecule has 0 aliphatic carbocycles. The Bertz CT molecular complexity index is 912. The van der Waals surface area contributed by atoms with Crippen LogP contribution in [0.25, 0.3) is 21.6 Å². The molecule has 3 aromatic rings. The largest absolute Gasteiger partial charge is 0.504 e. The summed E-state index contributed by atoms with van der Waals surface area (Å²) in [6.45, 7) is 4.08. The first kappa shape index (κ1) is 14.6. The van der Waals surface area contributed by atoms with Gasteiger partial charge < -0.3 is 15.2 Å². The Labute approximate surface area is 130 Å². The SMILES string of the molecule is CCCc1c(C)sc2nc(-c3ccc(O)c(O)c3)[nH]c(=O)c12. The van der Waals surface area contributed by atoms with E-state index in [0.29, 0.717) is 21.6 Å². The third-order valence-corrected chi connectivity index (χ3v) is 4.65. The smallest absolute Gasteiger partial charge is 0.260 e. The van der Waals surface area contributed by atoms with E-state index in [0.717, 1.165) is 23.3 Å². The second-order valence-electron chi connectivity index (χ2n) is 5.18. The number of rotatable bonds is 3. The fraction of sp³-hybridized carbons (Fsp3) is 0.250. The van der Waals surface area contributed by atoms with Crippen LogP contribution in [0.15, 0.2) is 23.0 Å². The highest BCUT2D eigenvalue weighted by molar-refractivity contribution is 7.18. The molecule has 0 aliphatic rings. The van der Waals surface area contributed by atoms with Gasteiger partial charge in [-0.25, -0.2) is 4.98 Å². The van der Waals surface area contributed by atoms with Crippen LogP contribution in [0.4, 0.5) is 0 Å². The number of thiophene rings is 1. The van der Waals surface area contributed by atoms with Gasteiger partial charge in [-0.1, -0.05) is 13.3 Å². The van der Waals surface area contributed by atoms with Crippen molar-refractivity contribution in [3.8, 4) is 22.9 Å². The van der Waals surface area contributed by atoms with E-state index in [1.807, 2.05) is 6.92 Å². The van der Waals surface area contributed by atoms with Crippen molar-refractivity contribution in [2.75, 3.05) is 0 Å². The average molecular weight is 316 g/mol. The van der Waals surface area contributed by atoms with E-state index < -0.39 is 0 Å². The molecule has 0 saturated carbocycles. The summed E-state index contributed by atoms with van der Waals surface area (Å²) in [7, 11) is 0. The van der Waals surface area contributed by atoms with Crippen molar-refractivity contribution in [2.24, 2.45) is 0 Å². The number of H-pyrrole nitrogens is 1. The minimum Gasteiger partial charge on any atom is -0.504 e. The molecule has 0 amide bonds. The lowest BCUT2D eigenvalue weighted by Gasteiger charge is -2.04. The zero-order valence-electron chi connectivity index (χ0n) is 12.3. The lowest BCUT2D eigenvalue weighted by Crippen LogP contribution is -2.10. The summed E-state index contributed by atoms with van der Waals surface area (Å²) in [5.74, 6) is -0.0595. The summed E-state index contributed by atoms with van der Waals surface area (Å²) < 4.78 is 0. The van der Waals surface area contributed by atoms with Gasteiger partial charge in [0.05, 0.1) is 5.39 Å². The van der Waals surface area contributed by atoms with E-state index in [4.69, 9.17) is 0 Å². The highest BCUT2D eigenvalue weighted by Gasteiger charge is 2.15. The van der Waals surface area contributed by atoms with Crippen LogP contribution in [-0.2, 0) is 6.42 Å². The summed E-state index contributed by atoms with van der Waals surface area (Å²) in [5.41, 5.74) is 1.45. The number of aromatic nitrogens is 2. The standard InChI is InChI=1S/C16H16N2O3S/c1-3-4-10-8(2)22-16-13(10)15(21)17-14(18-16)9-5-6-11(19)12(20)7-9/h5-7,19-20H,3-4H2,1-2H3,(H,17,18,21). The maximum Gasteiger partial charge on any atom is 0.260 e. The van der Waals surface area contributed by atoms with Gasteiger partial charge in [0.2, 0.25) is 0 Å². The lowest BCUT2D eigenvalue weighted by molar-refractivity contribution is 0.404. The van der Waals surface area contributed by atoms with Crippen molar-refractivity contribution in [3.63, 3.8) is 0 Å². The van der Waals surface area contributed by atoms with Crippen LogP contribution in [0.1, 0.15) is 23.8 Å². The van der Waals surface area contributed by atoms with Gasteiger partial charge in [-0.15, -0.1) is 11.3 Å². The molecule has 0 spiro atoms. The number of hydrogen-bond acceptors (Lipinski definition) is 5. The van der Waals surface area contributed by atoms with Gasteiger partial charge in [0, 0.05) is 10.4 Å². The van der Waals surface area contributed by atoms with E-state index in [1.165, 1.54) is 23.5 Å². The van der Waals surface area contributed by atoms with Crippen molar-refractivity contribution in [2.45, 2.75) is 26.7 Å². The van der Waals surface area contributed by atoms with E-state index in [-0.39, 0.29) is 17.1 Å². The number of fused-ring (bicyclic) bond motifs is 1. The van der Waals surface area contributed by atoms with Crippen molar-refractivity contribution >= 4 is 21.6 Å². The molecule has 0 saturated heterocycles. The van der Waals surface area contributed by atoms with Crippen LogP contribution >= 0.6 is 11.3 Å². The Kier molecular flexibility index (Phi) is 3.62. The van der Waals surface area contributed by atoms with Crippen molar-refractivity contribution in [1.29, 1.82) is 0 Å². The normalized spacial score (nSPS) is 11.2. The second-order valence-corrected chi connectivity index (χ2v) is 6.39. The molecule has 0 aliphatic heterocycles. The topological polar surface area (TPSA) is 86.2 Å². The molecule has 2 heterocycles. The first-order valence-corrected chi connectivity index (χ1v) is 7.87. The molecular weight excluding hydrogens is 300 g/mol. The Morgan fingerprint density at radius 1 is 1.27 bits per heavy atom. The molecule has 0 radical (unpaired) electrons. The third kappa shape index (κ3) is 2.35. The zero-order chi connectivity index (χ0) is 15.9. The molecule has 0 fully saturated rings. The van der Waals surface area contributed by atoms with E-state index in [1.54, 1.807) is 6.07 Å². The average Bonchev–Trinajstić information content (AvgIpc) is 2.79. The molecule has 5 nitrogen and oxygen atoms in total. The summed E-state index contributed by atoms with van der Waals surface area (Å²) in [6.07, 6.45) is 1.83. The number of hydrogen-bond donors (Lipinski definition) is 3. The molecule has 22 heavy (non-hydrogen) atoms. The fourth-order valence-corrected chi connectivity index (χ4v) is 3.61.